The zero-order valence-corrected chi connectivity index (χ0v) is 14.8. The molecule has 0 spiro atoms. The SMILES string of the molecule is Cc1ccc(NC(N)=NCCCS(=O)(=O)c2ccccc2)cc1C. The first kappa shape index (κ1) is 18.0. The maximum absolute atomic E-state index is 12.1. The summed E-state index contributed by atoms with van der Waals surface area (Å²) < 4.78 is 24.3. The lowest BCUT2D eigenvalue weighted by atomic mass is 10.1. The lowest BCUT2D eigenvalue weighted by molar-refractivity contribution is 0.593. The number of benzene rings is 2. The van der Waals surface area contributed by atoms with Crippen LogP contribution in [0.3, 0.4) is 0 Å². The number of anilines is 1. The number of nitrogens with two attached hydrogens (primary N) is 1. The van der Waals surface area contributed by atoms with Crippen molar-refractivity contribution in [2.75, 3.05) is 17.6 Å². The highest BCUT2D eigenvalue weighted by molar-refractivity contribution is 7.91. The highest BCUT2D eigenvalue weighted by Crippen LogP contribution is 2.14. The molecule has 0 fully saturated rings. The standard InChI is InChI=1S/C18H23N3O2S/c1-14-9-10-16(13-15(14)2)21-18(19)20-11-6-12-24(22,23)17-7-4-3-5-8-17/h3-5,7-10,13H,6,11-12H2,1-2H3,(H3,19,20,21). The van der Waals surface area contributed by atoms with Gasteiger partial charge in [0, 0.05) is 12.2 Å². The molecule has 0 aliphatic rings. The Kier molecular flexibility index (Phi) is 5.98. The van der Waals surface area contributed by atoms with E-state index in [-0.39, 0.29) is 11.7 Å². The van der Waals surface area contributed by atoms with Crippen LogP contribution in [-0.4, -0.2) is 26.7 Å². The van der Waals surface area contributed by atoms with E-state index in [1.807, 2.05) is 32.0 Å². The molecular weight excluding hydrogens is 322 g/mol. The molecule has 0 bridgehead atoms. The topological polar surface area (TPSA) is 84.5 Å². The summed E-state index contributed by atoms with van der Waals surface area (Å²) in [5.41, 5.74) is 9.09. The van der Waals surface area contributed by atoms with E-state index in [9.17, 15) is 8.42 Å². The average Bonchev–Trinajstić information content (AvgIpc) is 2.56. The van der Waals surface area contributed by atoms with E-state index in [2.05, 4.69) is 10.3 Å². The van der Waals surface area contributed by atoms with Gasteiger partial charge in [-0.3, -0.25) is 4.99 Å². The summed E-state index contributed by atoms with van der Waals surface area (Å²) in [6.45, 7) is 4.43. The Balaban J connectivity index is 1.86. The fourth-order valence-corrected chi connectivity index (χ4v) is 3.52. The first-order chi connectivity index (χ1) is 11.4. The molecule has 2 aromatic carbocycles. The van der Waals surface area contributed by atoms with Gasteiger partial charge in [-0.05, 0) is 55.7 Å². The number of sulfone groups is 1. The van der Waals surface area contributed by atoms with E-state index in [1.165, 1.54) is 11.1 Å². The highest BCUT2D eigenvalue weighted by atomic mass is 32.2. The van der Waals surface area contributed by atoms with Gasteiger partial charge in [0.1, 0.15) is 0 Å². The van der Waals surface area contributed by atoms with Gasteiger partial charge in [0.05, 0.1) is 10.6 Å². The normalized spacial score (nSPS) is 12.2. The maximum atomic E-state index is 12.1. The van der Waals surface area contributed by atoms with Gasteiger partial charge in [-0.2, -0.15) is 0 Å². The van der Waals surface area contributed by atoms with Crippen LogP contribution in [0.2, 0.25) is 0 Å². The Morgan fingerprint density at radius 3 is 2.46 bits per heavy atom. The van der Waals surface area contributed by atoms with E-state index in [0.717, 1.165) is 5.69 Å². The maximum Gasteiger partial charge on any atom is 0.193 e. The molecule has 0 radical (unpaired) electrons. The fourth-order valence-electron chi connectivity index (χ4n) is 2.21. The Hall–Kier alpha value is -2.34. The Labute approximate surface area is 143 Å². The van der Waals surface area contributed by atoms with Crippen molar-refractivity contribution in [3.63, 3.8) is 0 Å². The van der Waals surface area contributed by atoms with Crippen molar-refractivity contribution < 1.29 is 8.42 Å². The zero-order chi connectivity index (χ0) is 17.6. The average molecular weight is 345 g/mol. The van der Waals surface area contributed by atoms with Gasteiger partial charge >= 0.3 is 0 Å². The molecule has 6 heteroatoms. The van der Waals surface area contributed by atoms with Crippen LogP contribution in [-0.2, 0) is 9.84 Å². The smallest absolute Gasteiger partial charge is 0.193 e. The molecular formula is C18H23N3O2S. The Bertz CT molecular complexity index is 815. The van der Waals surface area contributed by atoms with Gasteiger partial charge < -0.3 is 11.1 Å². The highest BCUT2D eigenvalue weighted by Gasteiger charge is 2.12. The molecule has 2 aromatic rings. The van der Waals surface area contributed by atoms with Crippen molar-refractivity contribution >= 4 is 21.5 Å². The van der Waals surface area contributed by atoms with Crippen molar-refractivity contribution in [3.05, 3.63) is 59.7 Å². The zero-order valence-electron chi connectivity index (χ0n) is 14.0. The monoisotopic (exact) mass is 345 g/mol. The van der Waals surface area contributed by atoms with E-state index >= 15 is 0 Å². The quantitative estimate of drug-likeness (QED) is 0.479. The molecule has 0 aromatic heterocycles. The van der Waals surface area contributed by atoms with Gasteiger partial charge in [-0.15, -0.1) is 0 Å². The molecule has 0 heterocycles. The fraction of sp³-hybridized carbons (Fsp3) is 0.278. The minimum absolute atomic E-state index is 0.0530. The second kappa shape index (κ2) is 7.97. The number of hydrogen-bond donors (Lipinski definition) is 2. The van der Waals surface area contributed by atoms with Gasteiger partial charge in [-0.25, -0.2) is 8.42 Å². The lowest BCUT2D eigenvalue weighted by Crippen LogP contribution is -2.23. The van der Waals surface area contributed by atoms with E-state index in [1.54, 1.807) is 30.3 Å². The molecule has 5 nitrogen and oxygen atoms in total. The number of nitrogens with one attached hydrogen (secondary N) is 1. The molecule has 3 N–H and O–H groups in total. The molecule has 0 amide bonds. The van der Waals surface area contributed by atoms with Crippen LogP contribution in [0.5, 0.6) is 0 Å². The van der Waals surface area contributed by atoms with E-state index in [0.29, 0.717) is 17.9 Å². The van der Waals surface area contributed by atoms with E-state index < -0.39 is 9.84 Å². The predicted octanol–water partition coefficient (Wildman–Crippen LogP) is 2.89. The third-order valence-corrected chi connectivity index (χ3v) is 5.55. The third-order valence-electron chi connectivity index (χ3n) is 3.73. The van der Waals surface area contributed by atoms with Crippen LogP contribution in [0.25, 0.3) is 0 Å². The second-order valence-electron chi connectivity index (χ2n) is 5.68. The molecule has 24 heavy (non-hydrogen) atoms. The summed E-state index contributed by atoms with van der Waals surface area (Å²) in [4.78, 5) is 4.53. The van der Waals surface area contributed by atoms with Gasteiger partial charge in [-0.1, -0.05) is 24.3 Å². The summed E-state index contributed by atoms with van der Waals surface area (Å²) in [5.74, 6) is 0.340. The Morgan fingerprint density at radius 2 is 1.79 bits per heavy atom. The van der Waals surface area contributed by atoms with Crippen molar-refractivity contribution in [2.24, 2.45) is 10.7 Å². The number of nitrogens with zero attached hydrogens (tertiary/aromatic N) is 1. The van der Waals surface area contributed by atoms with Crippen LogP contribution in [0.15, 0.2) is 58.4 Å². The number of guanidine groups is 1. The van der Waals surface area contributed by atoms with Crippen molar-refractivity contribution in [1.82, 2.24) is 0 Å². The van der Waals surface area contributed by atoms with Crippen LogP contribution in [0.4, 0.5) is 5.69 Å². The largest absolute Gasteiger partial charge is 0.370 e. The third kappa shape index (κ3) is 5.09. The number of aryl methyl sites for hydroxylation is 2. The molecule has 0 saturated carbocycles. The van der Waals surface area contributed by atoms with Gasteiger partial charge in [0.2, 0.25) is 0 Å². The van der Waals surface area contributed by atoms with Gasteiger partial charge in [0.25, 0.3) is 0 Å². The van der Waals surface area contributed by atoms with Crippen LogP contribution in [0.1, 0.15) is 17.5 Å². The van der Waals surface area contributed by atoms with Gasteiger partial charge in [0.15, 0.2) is 15.8 Å². The molecule has 0 aliphatic carbocycles. The summed E-state index contributed by atoms with van der Waals surface area (Å²) in [6.07, 6.45) is 0.423. The Morgan fingerprint density at radius 1 is 1.08 bits per heavy atom. The van der Waals surface area contributed by atoms with Crippen LogP contribution >= 0.6 is 0 Å². The molecule has 2 rings (SSSR count). The van der Waals surface area contributed by atoms with Crippen molar-refractivity contribution in [2.45, 2.75) is 25.2 Å². The summed E-state index contributed by atoms with van der Waals surface area (Å²) >= 11 is 0. The van der Waals surface area contributed by atoms with Crippen molar-refractivity contribution in [1.29, 1.82) is 0 Å². The summed E-state index contributed by atoms with van der Waals surface area (Å²) in [7, 11) is -3.26. The summed E-state index contributed by atoms with van der Waals surface area (Å²) in [6, 6.07) is 14.4. The molecule has 0 atom stereocenters. The number of aliphatic imine (C=N–C) groups is 1. The number of hydrogen-bond acceptors (Lipinski definition) is 3. The van der Waals surface area contributed by atoms with Crippen LogP contribution < -0.4 is 11.1 Å². The molecule has 0 saturated heterocycles. The van der Waals surface area contributed by atoms with E-state index in [4.69, 9.17) is 5.73 Å². The predicted molar refractivity (Wildman–Crippen MR) is 99.1 cm³/mol. The number of rotatable bonds is 6. The molecule has 128 valence electrons. The lowest BCUT2D eigenvalue weighted by Gasteiger charge is -2.08. The van der Waals surface area contributed by atoms with Crippen LogP contribution in [0, 0.1) is 13.8 Å². The summed E-state index contributed by atoms with van der Waals surface area (Å²) in [5, 5.41) is 3.02. The second-order valence-corrected chi connectivity index (χ2v) is 7.79. The minimum Gasteiger partial charge on any atom is -0.370 e. The molecule has 0 aliphatic heterocycles. The minimum atomic E-state index is -3.26. The van der Waals surface area contributed by atoms with Crippen molar-refractivity contribution in [3.8, 4) is 0 Å². The first-order valence-electron chi connectivity index (χ1n) is 7.80. The molecule has 0 unspecified atom stereocenters. The first-order valence-corrected chi connectivity index (χ1v) is 9.46.